The van der Waals surface area contributed by atoms with Crippen LogP contribution in [0.3, 0.4) is 0 Å². The molecular formula is C15H16F3NO5S. The second-order valence-corrected chi connectivity index (χ2v) is 7.24. The van der Waals surface area contributed by atoms with Gasteiger partial charge in [-0.1, -0.05) is 0 Å². The molecule has 3 rings (SSSR count). The fourth-order valence-corrected chi connectivity index (χ4v) is 3.22. The SMILES string of the molecule is COc1cc(OS(=O)(=O)C(F)(F)F)c2oc(C3CCNCC3)cc2c1. The normalized spacial score (nSPS) is 17.0. The first-order valence-electron chi connectivity index (χ1n) is 7.54. The maximum Gasteiger partial charge on any atom is 0.534 e. The number of rotatable bonds is 4. The van der Waals surface area contributed by atoms with Crippen LogP contribution < -0.4 is 14.2 Å². The molecule has 1 saturated heterocycles. The highest BCUT2D eigenvalue weighted by Gasteiger charge is 2.49. The molecule has 1 aliphatic heterocycles. The van der Waals surface area contributed by atoms with E-state index in [-0.39, 0.29) is 17.3 Å². The summed E-state index contributed by atoms with van der Waals surface area (Å²) < 4.78 is 75.5. The van der Waals surface area contributed by atoms with Crippen LogP contribution in [0, 0.1) is 0 Å². The molecule has 0 bridgehead atoms. The lowest BCUT2D eigenvalue weighted by Gasteiger charge is -2.20. The first-order valence-corrected chi connectivity index (χ1v) is 8.95. The van der Waals surface area contributed by atoms with Gasteiger partial charge in [-0.2, -0.15) is 21.6 Å². The Balaban J connectivity index is 2.05. The molecule has 0 spiro atoms. The Morgan fingerprint density at radius 3 is 2.48 bits per heavy atom. The van der Waals surface area contributed by atoms with Gasteiger partial charge >= 0.3 is 15.6 Å². The summed E-state index contributed by atoms with van der Waals surface area (Å²) >= 11 is 0. The maximum absolute atomic E-state index is 12.6. The number of fused-ring (bicyclic) bond motifs is 1. The number of halogens is 3. The first kappa shape index (κ1) is 17.9. The van der Waals surface area contributed by atoms with Crippen molar-refractivity contribution in [2.24, 2.45) is 0 Å². The minimum Gasteiger partial charge on any atom is -0.497 e. The fourth-order valence-electron chi connectivity index (χ4n) is 2.77. The Bertz CT molecular complexity index is 869. The van der Waals surface area contributed by atoms with Gasteiger partial charge in [0.1, 0.15) is 11.5 Å². The molecule has 138 valence electrons. The van der Waals surface area contributed by atoms with Crippen LogP contribution in [-0.4, -0.2) is 34.1 Å². The summed E-state index contributed by atoms with van der Waals surface area (Å²) in [5.41, 5.74) is -5.59. The zero-order valence-corrected chi connectivity index (χ0v) is 14.0. The molecule has 1 aromatic carbocycles. The number of hydrogen-bond donors (Lipinski definition) is 1. The van der Waals surface area contributed by atoms with Gasteiger partial charge in [0.2, 0.25) is 0 Å². The van der Waals surface area contributed by atoms with Gasteiger partial charge in [0, 0.05) is 17.4 Å². The van der Waals surface area contributed by atoms with Crippen LogP contribution >= 0.6 is 0 Å². The number of alkyl halides is 3. The van der Waals surface area contributed by atoms with Crippen LogP contribution in [0.25, 0.3) is 11.0 Å². The number of nitrogens with one attached hydrogen (secondary N) is 1. The monoisotopic (exact) mass is 379 g/mol. The lowest BCUT2D eigenvalue weighted by atomic mass is 9.95. The van der Waals surface area contributed by atoms with E-state index in [0.29, 0.717) is 11.1 Å². The summed E-state index contributed by atoms with van der Waals surface area (Å²) in [6.45, 7) is 1.60. The molecule has 0 atom stereocenters. The summed E-state index contributed by atoms with van der Waals surface area (Å²) in [5.74, 6) is 0.301. The van der Waals surface area contributed by atoms with E-state index < -0.39 is 21.4 Å². The minimum absolute atomic E-state index is 0.0536. The van der Waals surface area contributed by atoms with Crippen molar-refractivity contribution >= 4 is 21.1 Å². The van der Waals surface area contributed by atoms with Crippen LogP contribution in [0.4, 0.5) is 13.2 Å². The third-order valence-electron chi connectivity index (χ3n) is 4.03. The number of piperidine rings is 1. The number of methoxy groups -OCH3 is 1. The minimum atomic E-state index is -5.81. The average molecular weight is 379 g/mol. The van der Waals surface area contributed by atoms with E-state index in [0.717, 1.165) is 32.0 Å². The summed E-state index contributed by atoms with van der Waals surface area (Å²) in [6, 6.07) is 4.29. The summed E-state index contributed by atoms with van der Waals surface area (Å²) in [4.78, 5) is 0. The van der Waals surface area contributed by atoms with Crippen molar-refractivity contribution in [1.82, 2.24) is 5.32 Å². The molecule has 0 aliphatic carbocycles. The molecule has 0 amide bonds. The predicted octanol–water partition coefficient (Wildman–Crippen LogP) is 3.14. The van der Waals surface area contributed by atoms with Crippen molar-refractivity contribution in [3.8, 4) is 11.5 Å². The third-order valence-corrected chi connectivity index (χ3v) is 5.00. The number of hydrogen-bond acceptors (Lipinski definition) is 6. The van der Waals surface area contributed by atoms with Crippen LogP contribution in [0.2, 0.25) is 0 Å². The highest BCUT2D eigenvalue weighted by molar-refractivity contribution is 7.88. The van der Waals surface area contributed by atoms with Gasteiger partial charge < -0.3 is 18.7 Å². The van der Waals surface area contributed by atoms with Gasteiger partial charge in [0.05, 0.1) is 7.11 Å². The molecule has 1 aromatic heterocycles. The first-order chi connectivity index (χ1) is 11.7. The summed E-state index contributed by atoms with van der Waals surface area (Å²) in [6.07, 6.45) is 1.63. The highest BCUT2D eigenvalue weighted by atomic mass is 32.2. The van der Waals surface area contributed by atoms with Gasteiger partial charge in [0.25, 0.3) is 0 Å². The molecular weight excluding hydrogens is 363 g/mol. The Morgan fingerprint density at radius 1 is 1.20 bits per heavy atom. The van der Waals surface area contributed by atoms with E-state index in [2.05, 4.69) is 9.50 Å². The smallest absolute Gasteiger partial charge is 0.497 e. The number of benzene rings is 1. The van der Waals surface area contributed by atoms with Crippen molar-refractivity contribution in [1.29, 1.82) is 0 Å². The fraction of sp³-hybridized carbons (Fsp3) is 0.467. The topological polar surface area (TPSA) is 77.8 Å². The van der Waals surface area contributed by atoms with Gasteiger partial charge in [-0.15, -0.1) is 0 Å². The van der Waals surface area contributed by atoms with Gasteiger partial charge in [-0.25, -0.2) is 0 Å². The zero-order chi connectivity index (χ0) is 18.2. The Kier molecular flexibility index (Phi) is 4.58. The largest absolute Gasteiger partial charge is 0.534 e. The molecule has 6 nitrogen and oxygen atoms in total. The van der Waals surface area contributed by atoms with Crippen molar-refractivity contribution in [2.75, 3.05) is 20.2 Å². The Morgan fingerprint density at radius 2 is 1.88 bits per heavy atom. The zero-order valence-electron chi connectivity index (χ0n) is 13.2. The van der Waals surface area contributed by atoms with Crippen molar-refractivity contribution in [3.63, 3.8) is 0 Å². The molecule has 2 aromatic rings. The molecule has 2 heterocycles. The van der Waals surface area contributed by atoms with Crippen LogP contribution in [-0.2, 0) is 10.1 Å². The van der Waals surface area contributed by atoms with Crippen molar-refractivity contribution in [2.45, 2.75) is 24.3 Å². The highest BCUT2D eigenvalue weighted by Crippen LogP contribution is 2.39. The van der Waals surface area contributed by atoms with Gasteiger partial charge in [-0.05, 0) is 38.1 Å². The predicted molar refractivity (Wildman–Crippen MR) is 83.2 cm³/mol. The Hall–Kier alpha value is -1.94. The van der Waals surface area contributed by atoms with Crippen LogP contribution in [0.15, 0.2) is 22.6 Å². The molecule has 1 fully saturated rings. The number of furan rings is 1. The van der Waals surface area contributed by atoms with E-state index >= 15 is 0 Å². The van der Waals surface area contributed by atoms with E-state index in [1.54, 1.807) is 12.1 Å². The van der Waals surface area contributed by atoms with Crippen LogP contribution in [0.1, 0.15) is 24.5 Å². The standard InChI is InChI=1S/C15H16F3NO5S/c1-22-11-6-10-7-12(9-2-4-19-5-3-9)23-14(10)13(8-11)24-25(20,21)15(16,17)18/h6-9,19H,2-5H2,1H3. The maximum atomic E-state index is 12.6. The lowest BCUT2D eigenvalue weighted by Crippen LogP contribution is -2.28. The second kappa shape index (κ2) is 6.41. The summed E-state index contributed by atoms with van der Waals surface area (Å²) in [5, 5.41) is 3.62. The molecule has 0 saturated carbocycles. The van der Waals surface area contributed by atoms with E-state index in [1.807, 2.05) is 0 Å². The second-order valence-electron chi connectivity index (χ2n) is 5.70. The van der Waals surface area contributed by atoms with Crippen molar-refractivity contribution in [3.05, 3.63) is 24.0 Å². The molecule has 25 heavy (non-hydrogen) atoms. The molecule has 10 heteroatoms. The molecule has 0 unspecified atom stereocenters. The van der Waals surface area contributed by atoms with E-state index in [1.165, 1.54) is 7.11 Å². The molecule has 1 aliphatic rings. The van der Waals surface area contributed by atoms with E-state index in [4.69, 9.17) is 9.15 Å². The van der Waals surface area contributed by atoms with Crippen molar-refractivity contribution < 1.29 is 34.9 Å². The summed E-state index contributed by atoms with van der Waals surface area (Å²) in [7, 11) is -4.49. The van der Waals surface area contributed by atoms with Crippen LogP contribution in [0.5, 0.6) is 11.5 Å². The molecule has 0 radical (unpaired) electrons. The Labute approximate surface area is 142 Å². The van der Waals surface area contributed by atoms with Gasteiger partial charge in [0.15, 0.2) is 11.3 Å². The average Bonchev–Trinajstić information content (AvgIpc) is 2.98. The number of ether oxygens (including phenoxy) is 1. The van der Waals surface area contributed by atoms with E-state index in [9.17, 15) is 21.6 Å². The third kappa shape index (κ3) is 3.54. The van der Waals surface area contributed by atoms with Gasteiger partial charge in [-0.3, -0.25) is 0 Å². The lowest BCUT2D eigenvalue weighted by molar-refractivity contribution is -0.0499. The molecule has 1 N–H and O–H groups in total. The quantitative estimate of drug-likeness (QED) is 0.650.